The van der Waals surface area contributed by atoms with Crippen LogP contribution in [0.5, 0.6) is 0 Å². The fraction of sp³-hybridized carbons (Fsp3) is 0.333. The summed E-state index contributed by atoms with van der Waals surface area (Å²) < 4.78 is 0. The predicted octanol–water partition coefficient (Wildman–Crippen LogP) is 3.32. The average molecular weight is 449 g/mol. The molecule has 2 atom stereocenters. The maximum Gasteiger partial charge on any atom is 0.273 e. The monoisotopic (exact) mass is 449 g/mol. The van der Waals surface area contributed by atoms with E-state index in [1.165, 1.54) is 24.3 Å². The Bertz CT molecular complexity index is 1100. The molecule has 0 N–H and O–H groups in total. The van der Waals surface area contributed by atoms with Crippen molar-refractivity contribution in [2.24, 2.45) is 11.8 Å². The number of carbonyl (C=O) groups excluding carboxylic acids is 4. The zero-order chi connectivity index (χ0) is 23.7. The average Bonchev–Trinajstić information content (AvgIpc) is 3.07. The lowest BCUT2D eigenvalue weighted by Crippen LogP contribution is -2.52. The Labute approximate surface area is 190 Å². The number of non-ortho nitro benzene ring substituents is 1. The third-order valence-electron chi connectivity index (χ3n) is 6.29. The summed E-state index contributed by atoms with van der Waals surface area (Å²) in [5.41, 5.74) is 1.14. The van der Waals surface area contributed by atoms with E-state index in [0.29, 0.717) is 18.4 Å². The van der Waals surface area contributed by atoms with Gasteiger partial charge in [0.05, 0.1) is 16.8 Å². The molecule has 0 aromatic heterocycles. The molecule has 1 aliphatic carbocycles. The molecule has 0 unspecified atom stereocenters. The molecule has 1 heterocycles. The number of carbonyl (C=O) groups is 4. The third kappa shape index (κ3) is 4.26. The first kappa shape index (κ1) is 22.3. The normalized spacial score (nSPS) is 19.8. The summed E-state index contributed by atoms with van der Waals surface area (Å²) in [5, 5.41) is 12.7. The predicted molar refractivity (Wildman–Crippen MR) is 117 cm³/mol. The molecule has 170 valence electrons. The molecule has 4 rings (SSSR count). The van der Waals surface area contributed by atoms with E-state index in [4.69, 9.17) is 0 Å². The Morgan fingerprint density at radius 3 is 1.97 bits per heavy atom. The van der Waals surface area contributed by atoms with Crippen molar-refractivity contribution < 1.29 is 24.1 Å². The Kier molecular flexibility index (Phi) is 6.04. The summed E-state index contributed by atoms with van der Waals surface area (Å²) in [7, 11) is 0. The molecule has 33 heavy (non-hydrogen) atoms. The van der Waals surface area contributed by atoms with Gasteiger partial charge < -0.3 is 0 Å². The molecule has 1 saturated carbocycles. The van der Waals surface area contributed by atoms with Crippen molar-refractivity contribution in [2.75, 3.05) is 6.54 Å². The highest BCUT2D eigenvalue weighted by atomic mass is 16.6. The number of amides is 3. The smallest absolute Gasteiger partial charge is 0.273 e. The van der Waals surface area contributed by atoms with Gasteiger partial charge in [0.2, 0.25) is 0 Å². The Morgan fingerprint density at radius 1 is 0.939 bits per heavy atom. The Balaban J connectivity index is 1.68. The molecule has 9 heteroatoms. The fourth-order valence-corrected chi connectivity index (χ4v) is 4.46. The van der Waals surface area contributed by atoms with Gasteiger partial charge in [-0.3, -0.25) is 29.3 Å². The van der Waals surface area contributed by atoms with Crippen LogP contribution in [0.2, 0.25) is 0 Å². The van der Waals surface area contributed by atoms with Crippen LogP contribution in [-0.2, 0) is 9.59 Å². The van der Waals surface area contributed by atoms with Crippen molar-refractivity contribution in [3.05, 3.63) is 75.3 Å². The molecule has 1 aliphatic heterocycles. The van der Waals surface area contributed by atoms with E-state index < -0.39 is 46.8 Å². The third-order valence-corrected chi connectivity index (χ3v) is 6.29. The molecule has 0 bridgehead atoms. The van der Waals surface area contributed by atoms with Crippen LogP contribution in [0.25, 0.3) is 0 Å². The van der Waals surface area contributed by atoms with Crippen molar-refractivity contribution in [3.8, 4) is 0 Å². The number of imide groups is 1. The first-order valence-corrected chi connectivity index (χ1v) is 10.8. The summed E-state index contributed by atoms with van der Waals surface area (Å²) in [4.78, 5) is 63.0. The van der Waals surface area contributed by atoms with Crippen LogP contribution >= 0.6 is 0 Å². The van der Waals surface area contributed by atoms with Crippen LogP contribution in [0.3, 0.4) is 0 Å². The summed E-state index contributed by atoms with van der Waals surface area (Å²) in [6, 6.07) is 11.6. The number of Topliss-reactive ketones (excluding diaryl/α,β-unsaturated/α-hetero) is 1. The number of hydrogen-bond donors (Lipinski definition) is 0. The topological polar surface area (TPSA) is 118 Å². The molecule has 2 fully saturated rings. The van der Waals surface area contributed by atoms with Crippen LogP contribution in [0, 0.1) is 28.9 Å². The first-order valence-electron chi connectivity index (χ1n) is 10.8. The number of aryl methyl sites for hydroxylation is 1. The van der Waals surface area contributed by atoms with Gasteiger partial charge in [-0.2, -0.15) is 5.01 Å². The van der Waals surface area contributed by atoms with Gasteiger partial charge in [0.1, 0.15) is 6.54 Å². The number of nitro groups is 1. The van der Waals surface area contributed by atoms with E-state index in [9.17, 15) is 29.3 Å². The highest BCUT2D eigenvalue weighted by molar-refractivity contribution is 6.09. The van der Waals surface area contributed by atoms with Crippen LogP contribution in [0.1, 0.15) is 52.0 Å². The van der Waals surface area contributed by atoms with Crippen molar-refractivity contribution in [1.29, 1.82) is 0 Å². The van der Waals surface area contributed by atoms with Crippen LogP contribution < -0.4 is 0 Å². The largest absolute Gasteiger partial charge is 0.292 e. The number of hydrazine groups is 1. The molecule has 0 spiro atoms. The van der Waals surface area contributed by atoms with Crippen molar-refractivity contribution in [2.45, 2.75) is 32.6 Å². The zero-order valence-electron chi connectivity index (χ0n) is 18.1. The number of nitro benzene ring substituents is 1. The van der Waals surface area contributed by atoms with E-state index in [2.05, 4.69) is 0 Å². The minimum atomic E-state index is -0.745. The summed E-state index contributed by atoms with van der Waals surface area (Å²) >= 11 is 0. The minimum absolute atomic E-state index is 0.0350. The second-order valence-electron chi connectivity index (χ2n) is 8.44. The summed E-state index contributed by atoms with van der Waals surface area (Å²) in [6.07, 6.45) is 2.79. The molecular weight excluding hydrogens is 426 g/mol. The minimum Gasteiger partial charge on any atom is -0.292 e. The molecule has 3 amide bonds. The van der Waals surface area contributed by atoms with Gasteiger partial charge in [-0.15, -0.1) is 0 Å². The van der Waals surface area contributed by atoms with Crippen LogP contribution in [0.4, 0.5) is 5.69 Å². The maximum absolute atomic E-state index is 13.4. The number of benzene rings is 2. The van der Waals surface area contributed by atoms with E-state index in [1.54, 1.807) is 24.3 Å². The molecule has 2 aromatic rings. The van der Waals surface area contributed by atoms with E-state index in [1.807, 2.05) is 6.92 Å². The SMILES string of the molecule is Cc1ccc(C(=O)CN(C(=O)c2ccc([N+](=O)[O-])cc2)N2C(=O)[C@@H]3CCCC[C@H]3C2=O)cc1. The second-order valence-corrected chi connectivity index (χ2v) is 8.44. The second kappa shape index (κ2) is 8.93. The molecule has 0 radical (unpaired) electrons. The van der Waals surface area contributed by atoms with Crippen molar-refractivity contribution in [1.82, 2.24) is 10.0 Å². The Hall–Kier alpha value is -3.88. The van der Waals surface area contributed by atoms with E-state index in [-0.39, 0.29) is 11.3 Å². The van der Waals surface area contributed by atoms with Gasteiger partial charge in [0, 0.05) is 23.3 Å². The number of nitrogens with zero attached hydrogens (tertiary/aromatic N) is 3. The summed E-state index contributed by atoms with van der Waals surface area (Å²) in [5.74, 6) is -3.11. The van der Waals surface area contributed by atoms with Gasteiger partial charge in [-0.05, 0) is 31.9 Å². The van der Waals surface area contributed by atoms with Crippen molar-refractivity contribution in [3.63, 3.8) is 0 Å². The highest BCUT2D eigenvalue weighted by Crippen LogP contribution is 2.39. The lowest BCUT2D eigenvalue weighted by atomic mass is 9.81. The first-order chi connectivity index (χ1) is 15.8. The Morgan fingerprint density at radius 2 is 1.45 bits per heavy atom. The highest BCUT2D eigenvalue weighted by Gasteiger charge is 2.51. The van der Waals surface area contributed by atoms with E-state index >= 15 is 0 Å². The lowest BCUT2D eigenvalue weighted by Gasteiger charge is -2.30. The quantitative estimate of drug-likeness (QED) is 0.289. The van der Waals surface area contributed by atoms with Gasteiger partial charge in [0.25, 0.3) is 23.4 Å². The molecule has 2 aliphatic rings. The number of hydrogen-bond acceptors (Lipinski definition) is 6. The van der Waals surface area contributed by atoms with Crippen molar-refractivity contribution >= 4 is 29.2 Å². The maximum atomic E-state index is 13.4. The number of ketones is 1. The molecule has 2 aromatic carbocycles. The molecule has 1 saturated heterocycles. The van der Waals surface area contributed by atoms with Crippen LogP contribution in [-0.4, -0.2) is 45.0 Å². The lowest BCUT2D eigenvalue weighted by molar-refractivity contribution is -0.384. The summed E-state index contributed by atoms with van der Waals surface area (Å²) in [6.45, 7) is 1.37. The standard InChI is InChI=1S/C24H23N3O6/c1-15-6-8-16(9-7-15)21(28)14-25(22(29)17-10-12-18(13-11-17)27(32)33)26-23(30)19-4-2-3-5-20(19)24(26)31/h6-13,19-20H,2-5,14H2,1H3/t19-,20-/m1/s1. The van der Waals surface area contributed by atoms with Gasteiger partial charge in [-0.1, -0.05) is 42.7 Å². The zero-order valence-corrected chi connectivity index (χ0v) is 18.1. The number of rotatable bonds is 6. The molecular formula is C24H23N3O6. The number of fused-ring (bicyclic) bond motifs is 1. The van der Waals surface area contributed by atoms with Gasteiger partial charge in [-0.25, -0.2) is 5.01 Å². The van der Waals surface area contributed by atoms with Crippen LogP contribution in [0.15, 0.2) is 48.5 Å². The van der Waals surface area contributed by atoms with Gasteiger partial charge >= 0.3 is 0 Å². The van der Waals surface area contributed by atoms with Gasteiger partial charge in [0.15, 0.2) is 5.78 Å². The van der Waals surface area contributed by atoms with E-state index in [0.717, 1.165) is 28.4 Å². The molecule has 9 nitrogen and oxygen atoms in total. The fourth-order valence-electron chi connectivity index (χ4n) is 4.46.